The van der Waals surface area contributed by atoms with Crippen LogP contribution in [0.15, 0.2) is 0 Å². The van der Waals surface area contributed by atoms with Gasteiger partial charge in [0.15, 0.2) is 0 Å². The number of ether oxygens (including phenoxy) is 1. The average molecular weight is 173 g/mol. The Labute approximate surface area is 74.5 Å². The summed E-state index contributed by atoms with van der Waals surface area (Å²) in [4.78, 5) is 10.1. The molecule has 1 rings (SSSR count). The first-order chi connectivity index (χ1) is 5.45. The molecule has 0 saturated carbocycles. The highest BCUT2D eigenvalue weighted by Gasteiger charge is 2.05. The van der Waals surface area contributed by atoms with Gasteiger partial charge in [-0.15, -0.1) is 0 Å². The molecule has 3 heteroatoms. The summed E-state index contributed by atoms with van der Waals surface area (Å²) in [5.74, 6) is 0.204. The predicted molar refractivity (Wildman–Crippen MR) is 49.0 cm³/mol. The fourth-order valence-corrected chi connectivity index (χ4v) is 0.565. The van der Waals surface area contributed by atoms with Gasteiger partial charge in [0.05, 0.1) is 5.60 Å². The molecule has 1 amide bonds. The highest BCUT2D eigenvalue weighted by atomic mass is 16.5. The minimum atomic E-state index is 0.0417. The Bertz CT molecular complexity index is 130. The summed E-state index contributed by atoms with van der Waals surface area (Å²) < 4.78 is 4.94. The van der Waals surface area contributed by atoms with Gasteiger partial charge in [0.1, 0.15) is 0 Å². The maximum atomic E-state index is 10.1. The van der Waals surface area contributed by atoms with Gasteiger partial charge < -0.3 is 10.1 Å². The van der Waals surface area contributed by atoms with E-state index in [4.69, 9.17) is 4.74 Å². The molecule has 1 aliphatic heterocycles. The van der Waals surface area contributed by atoms with Crippen molar-refractivity contribution in [2.24, 2.45) is 0 Å². The first-order valence-electron chi connectivity index (χ1n) is 4.27. The third kappa shape index (κ3) is 7.54. The highest BCUT2D eigenvalue weighted by molar-refractivity contribution is 5.77. The van der Waals surface area contributed by atoms with Crippen molar-refractivity contribution < 1.29 is 9.53 Å². The molecule has 0 spiro atoms. The van der Waals surface area contributed by atoms with Crippen LogP contribution in [0.2, 0.25) is 0 Å². The van der Waals surface area contributed by atoms with E-state index >= 15 is 0 Å². The minimum absolute atomic E-state index is 0.0417. The lowest BCUT2D eigenvalue weighted by atomic mass is 10.2. The maximum Gasteiger partial charge on any atom is 0.220 e. The number of carbonyl (C=O) groups is 1. The molecule has 1 heterocycles. The first kappa shape index (κ1) is 11.4. The Morgan fingerprint density at radius 3 is 2.00 bits per heavy atom. The molecule has 0 unspecified atom stereocenters. The Morgan fingerprint density at radius 1 is 1.42 bits per heavy atom. The molecule has 0 aromatic carbocycles. The summed E-state index contributed by atoms with van der Waals surface area (Å²) >= 11 is 0. The largest absolute Gasteiger partial charge is 0.379 e. The monoisotopic (exact) mass is 173 g/mol. The number of amides is 1. The summed E-state index contributed by atoms with van der Waals surface area (Å²) in [6, 6.07) is 0. The lowest BCUT2D eigenvalue weighted by molar-refractivity contribution is -0.119. The van der Waals surface area contributed by atoms with Crippen molar-refractivity contribution in [1.82, 2.24) is 5.32 Å². The molecule has 3 nitrogen and oxygen atoms in total. The molecule has 0 radical (unpaired) electrons. The molecule has 0 bridgehead atoms. The second-order valence-electron chi connectivity index (χ2n) is 3.77. The van der Waals surface area contributed by atoms with Gasteiger partial charge in [-0.2, -0.15) is 0 Å². The SMILES string of the molecule is COC(C)(C)C.O=C1CCCN1. The van der Waals surface area contributed by atoms with Crippen molar-refractivity contribution in [3.63, 3.8) is 0 Å². The maximum absolute atomic E-state index is 10.1. The molecule has 0 atom stereocenters. The quantitative estimate of drug-likeness (QED) is 0.600. The van der Waals surface area contributed by atoms with Crippen molar-refractivity contribution in [3.8, 4) is 0 Å². The Morgan fingerprint density at radius 2 is 1.92 bits per heavy atom. The lowest BCUT2D eigenvalue weighted by Crippen LogP contribution is -2.15. The van der Waals surface area contributed by atoms with Crippen LogP contribution in [0, 0.1) is 0 Å². The Kier molecular flexibility index (Phi) is 4.90. The second kappa shape index (κ2) is 5.14. The van der Waals surface area contributed by atoms with Crippen molar-refractivity contribution in [2.75, 3.05) is 13.7 Å². The zero-order valence-electron chi connectivity index (χ0n) is 8.44. The standard InChI is InChI=1S/C5H12O.C4H7NO/c1-5(2,3)6-4;6-4-2-1-3-5-4/h1-4H3;1-3H2,(H,5,6). The summed E-state index contributed by atoms with van der Waals surface area (Å²) in [5.41, 5.74) is 0.0417. The Balaban J connectivity index is 0.000000202. The molecule has 0 aromatic heterocycles. The van der Waals surface area contributed by atoms with E-state index in [1.165, 1.54) is 0 Å². The van der Waals surface area contributed by atoms with Gasteiger partial charge in [0, 0.05) is 20.1 Å². The van der Waals surface area contributed by atoms with E-state index in [0.717, 1.165) is 19.4 Å². The van der Waals surface area contributed by atoms with Gasteiger partial charge in [0.2, 0.25) is 5.91 Å². The number of nitrogens with one attached hydrogen (secondary N) is 1. The van der Waals surface area contributed by atoms with E-state index in [0.29, 0.717) is 0 Å². The summed E-state index contributed by atoms with van der Waals surface area (Å²) in [6.45, 7) is 6.95. The minimum Gasteiger partial charge on any atom is -0.379 e. The predicted octanol–water partition coefficient (Wildman–Crippen LogP) is 1.33. The van der Waals surface area contributed by atoms with Crippen molar-refractivity contribution in [2.45, 2.75) is 39.2 Å². The number of hydrogen-bond acceptors (Lipinski definition) is 2. The van der Waals surface area contributed by atoms with Gasteiger partial charge in [-0.3, -0.25) is 4.79 Å². The zero-order valence-corrected chi connectivity index (χ0v) is 8.44. The van der Waals surface area contributed by atoms with E-state index in [1.54, 1.807) is 7.11 Å². The van der Waals surface area contributed by atoms with E-state index in [1.807, 2.05) is 20.8 Å². The Hall–Kier alpha value is -0.570. The molecule has 0 aliphatic carbocycles. The fraction of sp³-hybridized carbons (Fsp3) is 0.889. The highest BCUT2D eigenvalue weighted by Crippen LogP contribution is 2.02. The number of hydrogen-bond donors (Lipinski definition) is 1. The van der Waals surface area contributed by atoms with Gasteiger partial charge in [-0.1, -0.05) is 0 Å². The van der Waals surface area contributed by atoms with Gasteiger partial charge >= 0.3 is 0 Å². The molecule has 1 aliphatic rings. The van der Waals surface area contributed by atoms with Crippen LogP contribution < -0.4 is 5.32 Å². The zero-order chi connectivity index (χ0) is 9.61. The van der Waals surface area contributed by atoms with E-state index in [2.05, 4.69) is 5.32 Å². The van der Waals surface area contributed by atoms with Crippen LogP contribution in [0.1, 0.15) is 33.6 Å². The normalized spacial score (nSPS) is 16.5. The fourth-order valence-electron chi connectivity index (χ4n) is 0.565. The molecule has 1 saturated heterocycles. The summed E-state index contributed by atoms with van der Waals surface area (Å²) in [5, 5.41) is 2.68. The van der Waals surface area contributed by atoms with E-state index in [-0.39, 0.29) is 11.5 Å². The van der Waals surface area contributed by atoms with Crippen molar-refractivity contribution in [3.05, 3.63) is 0 Å². The molecule has 0 aromatic rings. The summed E-state index contributed by atoms with van der Waals surface area (Å²) in [6.07, 6.45) is 1.76. The van der Waals surface area contributed by atoms with Gasteiger partial charge in [0.25, 0.3) is 0 Å². The third-order valence-corrected chi connectivity index (χ3v) is 1.52. The third-order valence-electron chi connectivity index (χ3n) is 1.52. The van der Waals surface area contributed by atoms with Crippen LogP contribution in [-0.4, -0.2) is 25.2 Å². The molecular weight excluding hydrogens is 154 g/mol. The molecule has 1 N–H and O–H groups in total. The molecular formula is C9H19NO2. The number of carbonyl (C=O) groups excluding carboxylic acids is 1. The number of rotatable bonds is 0. The molecule has 1 fully saturated rings. The van der Waals surface area contributed by atoms with Crippen LogP contribution in [0.5, 0.6) is 0 Å². The lowest BCUT2D eigenvalue weighted by Gasteiger charge is -2.14. The van der Waals surface area contributed by atoms with Crippen LogP contribution >= 0.6 is 0 Å². The van der Waals surface area contributed by atoms with Crippen molar-refractivity contribution >= 4 is 5.91 Å². The molecule has 72 valence electrons. The van der Waals surface area contributed by atoms with Crippen LogP contribution in [0.25, 0.3) is 0 Å². The topological polar surface area (TPSA) is 38.3 Å². The average Bonchev–Trinajstić information content (AvgIpc) is 2.39. The van der Waals surface area contributed by atoms with Gasteiger partial charge in [-0.25, -0.2) is 0 Å². The number of methoxy groups -OCH3 is 1. The van der Waals surface area contributed by atoms with Crippen LogP contribution in [-0.2, 0) is 9.53 Å². The van der Waals surface area contributed by atoms with Gasteiger partial charge in [-0.05, 0) is 27.2 Å². The summed E-state index contributed by atoms with van der Waals surface area (Å²) in [7, 11) is 1.71. The van der Waals surface area contributed by atoms with Crippen molar-refractivity contribution in [1.29, 1.82) is 0 Å². The first-order valence-corrected chi connectivity index (χ1v) is 4.27. The smallest absolute Gasteiger partial charge is 0.220 e. The van der Waals surface area contributed by atoms with Crippen LogP contribution in [0.4, 0.5) is 0 Å². The molecule has 12 heavy (non-hydrogen) atoms. The van der Waals surface area contributed by atoms with E-state index < -0.39 is 0 Å². The van der Waals surface area contributed by atoms with E-state index in [9.17, 15) is 4.79 Å². The van der Waals surface area contributed by atoms with Crippen LogP contribution in [0.3, 0.4) is 0 Å². The second-order valence-corrected chi connectivity index (χ2v) is 3.77.